The first-order valence-electron chi connectivity index (χ1n) is 6.63. The highest BCUT2D eigenvalue weighted by Crippen LogP contribution is 2.25. The lowest BCUT2D eigenvalue weighted by Gasteiger charge is -2.29. The van der Waals surface area contributed by atoms with E-state index in [-0.39, 0.29) is 12.5 Å². The number of aldehydes is 1. The molecule has 3 N–H and O–H groups in total. The molecule has 1 aliphatic carbocycles. The second-order valence-corrected chi connectivity index (χ2v) is 5.70. The predicted molar refractivity (Wildman–Crippen MR) is 69.3 cm³/mol. The maximum Gasteiger partial charge on any atom is 0.315 e. The van der Waals surface area contributed by atoms with Gasteiger partial charge in [-0.1, -0.05) is 19.3 Å². The molecule has 18 heavy (non-hydrogen) atoms. The molecule has 0 aromatic carbocycles. The zero-order chi connectivity index (χ0) is 13.6. The van der Waals surface area contributed by atoms with Crippen molar-refractivity contribution >= 4 is 12.3 Å². The van der Waals surface area contributed by atoms with Crippen LogP contribution in [0.4, 0.5) is 4.79 Å². The second-order valence-electron chi connectivity index (χ2n) is 5.70. The van der Waals surface area contributed by atoms with Crippen LogP contribution in [-0.2, 0) is 4.79 Å². The van der Waals surface area contributed by atoms with E-state index < -0.39 is 17.6 Å². The van der Waals surface area contributed by atoms with Gasteiger partial charge in [0.25, 0.3) is 0 Å². The Morgan fingerprint density at radius 2 is 2.00 bits per heavy atom. The summed E-state index contributed by atoms with van der Waals surface area (Å²) in [6.07, 6.45) is 6.27. The molecule has 1 fully saturated rings. The molecule has 1 rings (SSSR count). The summed E-state index contributed by atoms with van der Waals surface area (Å²) >= 11 is 0. The number of nitrogens with one attached hydrogen (secondary N) is 2. The smallest absolute Gasteiger partial charge is 0.315 e. The Morgan fingerprint density at radius 3 is 2.50 bits per heavy atom. The van der Waals surface area contributed by atoms with Crippen LogP contribution in [0.3, 0.4) is 0 Å². The lowest BCUT2D eigenvalue weighted by atomic mass is 9.84. The summed E-state index contributed by atoms with van der Waals surface area (Å²) < 4.78 is 0. The third-order valence-electron chi connectivity index (χ3n) is 3.45. The molecule has 1 saturated carbocycles. The number of aliphatic hydroxyl groups is 1. The van der Waals surface area contributed by atoms with Crippen LogP contribution >= 0.6 is 0 Å². The fourth-order valence-electron chi connectivity index (χ4n) is 2.29. The summed E-state index contributed by atoms with van der Waals surface area (Å²) in [4.78, 5) is 22.8. The van der Waals surface area contributed by atoms with Gasteiger partial charge in [0.15, 0.2) is 0 Å². The molecule has 1 atom stereocenters. The highest BCUT2D eigenvalue weighted by atomic mass is 16.3. The van der Waals surface area contributed by atoms with Crippen molar-refractivity contribution in [2.24, 2.45) is 5.92 Å². The van der Waals surface area contributed by atoms with Gasteiger partial charge >= 0.3 is 6.03 Å². The molecule has 0 spiro atoms. The van der Waals surface area contributed by atoms with Gasteiger partial charge < -0.3 is 20.5 Å². The van der Waals surface area contributed by atoms with Crippen LogP contribution in [-0.4, -0.2) is 35.6 Å². The van der Waals surface area contributed by atoms with Crippen molar-refractivity contribution in [3.63, 3.8) is 0 Å². The molecule has 0 bridgehead atoms. The Kier molecular flexibility index (Phi) is 5.59. The van der Waals surface area contributed by atoms with Gasteiger partial charge in [0.2, 0.25) is 0 Å². The van der Waals surface area contributed by atoms with Crippen LogP contribution in [0.5, 0.6) is 0 Å². The Morgan fingerprint density at radius 1 is 1.39 bits per heavy atom. The molecular weight excluding hydrogens is 232 g/mol. The van der Waals surface area contributed by atoms with Crippen molar-refractivity contribution in [3.05, 3.63) is 0 Å². The first-order valence-corrected chi connectivity index (χ1v) is 6.63. The molecule has 0 aliphatic heterocycles. The zero-order valence-corrected chi connectivity index (χ0v) is 11.2. The summed E-state index contributed by atoms with van der Waals surface area (Å²) in [7, 11) is 0. The minimum absolute atomic E-state index is 0.143. The van der Waals surface area contributed by atoms with Crippen molar-refractivity contribution in [3.8, 4) is 0 Å². The molecule has 0 saturated heterocycles. The fraction of sp³-hybridized carbons (Fsp3) is 0.846. The lowest BCUT2D eigenvalue weighted by molar-refractivity contribution is -0.110. The quantitative estimate of drug-likeness (QED) is 0.647. The van der Waals surface area contributed by atoms with E-state index in [4.69, 9.17) is 5.11 Å². The maximum atomic E-state index is 11.7. The molecule has 0 heterocycles. The van der Waals surface area contributed by atoms with Gasteiger partial charge in [0, 0.05) is 0 Å². The minimum atomic E-state index is -0.677. The van der Waals surface area contributed by atoms with Crippen LogP contribution in [0.15, 0.2) is 0 Å². The third kappa shape index (κ3) is 4.64. The van der Waals surface area contributed by atoms with Gasteiger partial charge in [0.1, 0.15) is 6.29 Å². The van der Waals surface area contributed by atoms with E-state index in [0.29, 0.717) is 0 Å². The normalized spacial score (nSPS) is 19.1. The summed E-state index contributed by atoms with van der Waals surface area (Å²) in [6, 6.07) is -0.809. The van der Waals surface area contributed by atoms with E-state index in [2.05, 4.69) is 10.6 Å². The van der Waals surface area contributed by atoms with E-state index in [1.807, 2.05) is 0 Å². The molecule has 0 radical (unpaired) electrons. The van der Waals surface area contributed by atoms with Gasteiger partial charge in [-0.25, -0.2) is 4.79 Å². The molecule has 0 aromatic rings. The second kappa shape index (κ2) is 6.73. The number of carbonyl (C=O) groups excluding carboxylic acids is 2. The van der Waals surface area contributed by atoms with Crippen LogP contribution in [0.1, 0.15) is 46.0 Å². The van der Waals surface area contributed by atoms with Gasteiger partial charge in [-0.3, -0.25) is 0 Å². The molecule has 5 nitrogen and oxygen atoms in total. The number of rotatable bonds is 5. The number of urea groups is 1. The molecular formula is C13H24N2O3. The Balaban J connectivity index is 2.47. The van der Waals surface area contributed by atoms with Gasteiger partial charge in [-0.2, -0.15) is 0 Å². The van der Waals surface area contributed by atoms with E-state index in [1.54, 1.807) is 13.8 Å². The van der Waals surface area contributed by atoms with Crippen molar-refractivity contribution in [2.75, 3.05) is 6.61 Å². The maximum absolute atomic E-state index is 11.7. The average molecular weight is 256 g/mol. The topological polar surface area (TPSA) is 78.4 Å². The summed E-state index contributed by atoms with van der Waals surface area (Å²) in [5.41, 5.74) is -0.677. The van der Waals surface area contributed by atoms with Crippen LogP contribution in [0, 0.1) is 5.92 Å². The summed E-state index contributed by atoms with van der Waals surface area (Å²) in [5.74, 6) is 0.249. The number of amides is 2. The number of carbonyl (C=O) groups is 2. The highest BCUT2D eigenvalue weighted by Gasteiger charge is 2.26. The van der Waals surface area contributed by atoms with E-state index in [9.17, 15) is 9.59 Å². The van der Waals surface area contributed by atoms with Crippen molar-refractivity contribution in [1.82, 2.24) is 10.6 Å². The number of hydrogen-bond acceptors (Lipinski definition) is 3. The Hall–Kier alpha value is -1.10. The third-order valence-corrected chi connectivity index (χ3v) is 3.45. The average Bonchev–Trinajstić information content (AvgIpc) is 2.36. The lowest BCUT2D eigenvalue weighted by Crippen LogP contribution is -2.54. The molecule has 1 aliphatic rings. The monoisotopic (exact) mass is 256 g/mol. The zero-order valence-electron chi connectivity index (χ0n) is 11.2. The van der Waals surface area contributed by atoms with Gasteiger partial charge in [-0.15, -0.1) is 0 Å². The molecule has 1 unspecified atom stereocenters. The van der Waals surface area contributed by atoms with Gasteiger partial charge in [-0.05, 0) is 32.6 Å². The van der Waals surface area contributed by atoms with Crippen molar-refractivity contribution < 1.29 is 14.7 Å². The molecule has 5 heteroatoms. The van der Waals surface area contributed by atoms with E-state index in [0.717, 1.165) is 32.0 Å². The van der Waals surface area contributed by atoms with E-state index >= 15 is 0 Å². The standard InChI is InChI=1S/C13H24N2O3/c1-13(2,9-17)15-12(18)14-11(8-16)10-6-4-3-5-7-10/h8,10-11,17H,3-7,9H2,1-2H3,(H2,14,15,18). The van der Waals surface area contributed by atoms with Gasteiger partial charge in [0.05, 0.1) is 18.2 Å². The fourth-order valence-corrected chi connectivity index (χ4v) is 2.29. The predicted octanol–water partition coefficient (Wildman–Crippen LogP) is 1.20. The number of aliphatic hydroxyl groups excluding tert-OH is 1. The van der Waals surface area contributed by atoms with Crippen LogP contribution < -0.4 is 10.6 Å². The molecule has 0 aromatic heterocycles. The van der Waals surface area contributed by atoms with Crippen molar-refractivity contribution in [2.45, 2.75) is 57.5 Å². The van der Waals surface area contributed by atoms with Crippen LogP contribution in [0.2, 0.25) is 0 Å². The minimum Gasteiger partial charge on any atom is -0.394 e. The van der Waals surface area contributed by atoms with E-state index in [1.165, 1.54) is 6.42 Å². The van der Waals surface area contributed by atoms with Crippen molar-refractivity contribution in [1.29, 1.82) is 0 Å². The first-order chi connectivity index (χ1) is 8.48. The Bertz CT molecular complexity index is 286. The molecule has 2 amide bonds. The Labute approximate surface area is 108 Å². The largest absolute Gasteiger partial charge is 0.394 e. The highest BCUT2D eigenvalue weighted by molar-refractivity contribution is 5.78. The number of hydrogen-bond donors (Lipinski definition) is 3. The molecule has 104 valence electrons. The summed E-state index contributed by atoms with van der Waals surface area (Å²) in [6.45, 7) is 3.31. The van der Waals surface area contributed by atoms with Crippen LogP contribution in [0.25, 0.3) is 0 Å². The summed E-state index contributed by atoms with van der Waals surface area (Å²) in [5, 5.41) is 14.4. The first kappa shape index (κ1) is 15.0. The SMILES string of the molecule is CC(C)(CO)NC(=O)NC(C=O)C1CCCCC1.